The van der Waals surface area contributed by atoms with E-state index < -0.39 is 0 Å². The van der Waals surface area contributed by atoms with Gasteiger partial charge in [-0.05, 0) is 52.0 Å². The maximum atomic E-state index is 6.03. The first-order valence-electron chi connectivity index (χ1n) is 16.1. The molecule has 0 aromatic heterocycles. The highest BCUT2D eigenvalue weighted by Crippen LogP contribution is 2.08. The highest BCUT2D eigenvalue weighted by Gasteiger charge is 2.13. The van der Waals surface area contributed by atoms with Gasteiger partial charge in [0.25, 0.3) is 0 Å². The molecule has 0 aliphatic rings. The SMILES string of the molecule is CCCCC/C=C\C/C=C\CCCCCCCCOCOCC(CN(C)CCOC)OCCOCCOCCC. The molecule has 0 bridgehead atoms. The third-order valence-corrected chi connectivity index (χ3v) is 6.45. The van der Waals surface area contributed by atoms with Gasteiger partial charge in [0.05, 0.1) is 45.7 Å². The molecule has 7 heteroatoms. The van der Waals surface area contributed by atoms with Crippen molar-refractivity contribution in [3.8, 4) is 0 Å². The van der Waals surface area contributed by atoms with Crippen molar-refractivity contribution in [3.63, 3.8) is 0 Å². The van der Waals surface area contributed by atoms with Gasteiger partial charge in [-0.1, -0.05) is 76.7 Å². The number of rotatable bonds is 33. The first-order chi connectivity index (χ1) is 19.7. The Morgan fingerprint density at radius 1 is 0.600 bits per heavy atom. The number of unbranched alkanes of at least 4 members (excludes halogenated alkanes) is 9. The second kappa shape index (κ2) is 34.4. The van der Waals surface area contributed by atoms with E-state index in [-0.39, 0.29) is 6.10 Å². The van der Waals surface area contributed by atoms with E-state index in [1.165, 1.54) is 64.2 Å². The standard InChI is InChI=1S/C33H65NO6/c1-5-7-8-9-10-11-12-13-14-15-16-17-18-19-20-21-24-38-32-39-31-33(30-34(3)22-25-35-4)40-29-28-37-27-26-36-23-6-2/h10-11,13-14,33H,5-9,12,15-32H2,1-4H3/b11-10-,14-13-. The lowest BCUT2D eigenvalue weighted by molar-refractivity contribution is -0.103. The summed E-state index contributed by atoms with van der Waals surface area (Å²) in [4.78, 5) is 2.20. The van der Waals surface area contributed by atoms with E-state index in [4.69, 9.17) is 28.4 Å². The predicted octanol–water partition coefficient (Wildman–Crippen LogP) is 7.20. The summed E-state index contributed by atoms with van der Waals surface area (Å²) in [6.45, 7) is 11.3. The van der Waals surface area contributed by atoms with Crippen molar-refractivity contribution in [3.05, 3.63) is 24.3 Å². The number of allylic oxidation sites excluding steroid dienone is 4. The normalized spacial score (nSPS) is 12.9. The average molecular weight is 572 g/mol. The minimum Gasteiger partial charge on any atom is -0.383 e. The fourth-order valence-electron chi connectivity index (χ4n) is 4.07. The van der Waals surface area contributed by atoms with Gasteiger partial charge >= 0.3 is 0 Å². The Balaban J connectivity index is 3.70. The Kier molecular flexibility index (Phi) is 33.7. The highest BCUT2D eigenvalue weighted by molar-refractivity contribution is 4.92. The lowest BCUT2D eigenvalue weighted by Gasteiger charge is -2.24. The quantitative estimate of drug-likeness (QED) is 0.0469. The molecule has 0 rings (SSSR count). The number of ether oxygens (including phenoxy) is 6. The van der Waals surface area contributed by atoms with Crippen LogP contribution in [0.3, 0.4) is 0 Å². The van der Waals surface area contributed by atoms with E-state index in [2.05, 4.69) is 50.1 Å². The molecule has 0 aliphatic heterocycles. The molecule has 0 heterocycles. The van der Waals surface area contributed by atoms with Gasteiger partial charge in [0.2, 0.25) is 0 Å². The Bertz CT molecular complexity index is 531. The van der Waals surface area contributed by atoms with E-state index >= 15 is 0 Å². The van der Waals surface area contributed by atoms with Crippen LogP contribution in [0.1, 0.15) is 97.3 Å². The van der Waals surface area contributed by atoms with E-state index in [1.54, 1.807) is 7.11 Å². The molecular formula is C33H65NO6. The lowest BCUT2D eigenvalue weighted by Crippen LogP contribution is -2.37. The van der Waals surface area contributed by atoms with Crippen molar-refractivity contribution in [1.82, 2.24) is 4.90 Å². The van der Waals surface area contributed by atoms with Crippen molar-refractivity contribution < 1.29 is 28.4 Å². The van der Waals surface area contributed by atoms with Crippen LogP contribution in [0.5, 0.6) is 0 Å². The summed E-state index contributed by atoms with van der Waals surface area (Å²) in [6.07, 6.45) is 25.3. The summed E-state index contributed by atoms with van der Waals surface area (Å²) < 4.78 is 33.7. The molecule has 0 aromatic carbocycles. The molecule has 0 fully saturated rings. The van der Waals surface area contributed by atoms with Crippen molar-refractivity contribution in [1.29, 1.82) is 0 Å². The Hall–Kier alpha value is -0.800. The number of likely N-dealkylation sites (N-methyl/N-ethyl adjacent to an activating group) is 1. The van der Waals surface area contributed by atoms with Gasteiger partial charge in [0.1, 0.15) is 6.79 Å². The van der Waals surface area contributed by atoms with Crippen LogP contribution in [0.4, 0.5) is 0 Å². The van der Waals surface area contributed by atoms with Gasteiger partial charge in [0, 0.05) is 33.4 Å². The Morgan fingerprint density at radius 3 is 1.95 bits per heavy atom. The van der Waals surface area contributed by atoms with E-state index in [0.29, 0.717) is 46.4 Å². The van der Waals surface area contributed by atoms with Crippen LogP contribution in [-0.4, -0.2) is 97.9 Å². The number of hydrogen-bond acceptors (Lipinski definition) is 7. The average Bonchev–Trinajstić information content (AvgIpc) is 2.96. The number of methoxy groups -OCH3 is 1. The molecule has 0 saturated carbocycles. The van der Waals surface area contributed by atoms with Crippen LogP contribution in [-0.2, 0) is 28.4 Å². The summed E-state index contributed by atoms with van der Waals surface area (Å²) >= 11 is 0. The largest absolute Gasteiger partial charge is 0.383 e. The number of hydrogen-bond donors (Lipinski definition) is 0. The third kappa shape index (κ3) is 31.7. The first kappa shape index (κ1) is 39.2. The maximum absolute atomic E-state index is 6.03. The molecule has 1 atom stereocenters. The van der Waals surface area contributed by atoms with Crippen molar-refractivity contribution in [2.45, 2.75) is 103 Å². The third-order valence-electron chi connectivity index (χ3n) is 6.45. The molecule has 0 amide bonds. The van der Waals surface area contributed by atoms with Crippen LogP contribution in [0, 0.1) is 0 Å². The summed E-state index contributed by atoms with van der Waals surface area (Å²) in [7, 11) is 3.79. The summed E-state index contributed by atoms with van der Waals surface area (Å²) in [6, 6.07) is 0. The van der Waals surface area contributed by atoms with Crippen LogP contribution in [0.2, 0.25) is 0 Å². The Morgan fingerprint density at radius 2 is 1.25 bits per heavy atom. The van der Waals surface area contributed by atoms with Crippen LogP contribution < -0.4 is 0 Å². The predicted molar refractivity (Wildman–Crippen MR) is 167 cm³/mol. The molecule has 238 valence electrons. The van der Waals surface area contributed by atoms with E-state index in [0.717, 1.165) is 45.6 Å². The van der Waals surface area contributed by atoms with Gasteiger partial charge in [-0.2, -0.15) is 0 Å². The molecule has 0 saturated heterocycles. The molecule has 0 aliphatic carbocycles. The maximum Gasteiger partial charge on any atom is 0.146 e. The lowest BCUT2D eigenvalue weighted by atomic mass is 10.1. The van der Waals surface area contributed by atoms with Gasteiger partial charge in [0.15, 0.2) is 0 Å². The topological polar surface area (TPSA) is 58.6 Å². The molecule has 40 heavy (non-hydrogen) atoms. The van der Waals surface area contributed by atoms with Crippen LogP contribution >= 0.6 is 0 Å². The minimum atomic E-state index is -0.0349. The van der Waals surface area contributed by atoms with E-state index in [9.17, 15) is 0 Å². The molecule has 1 unspecified atom stereocenters. The van der Waals surface area contributed by atoms with Gasteiger partial charge < -0.3 is 33.3 Å². The molecule has 0 N–H and O–H groups in total. The van der Waals surface area contributed by atoms with Crippen molar-refractivity contribution in [2.24, 2.45) is 0 Å². The van der Waals surface area contributed by atoms with Gasteiger partial charge in [-0.25, -0.2) is 0 Å². The fourth-order valence-corrected chi connectivity index (χ4v) is 4.07. The smallest absolute Gasteiger partial charge is 0.146 e. The molecule has 7 nitrogen and oxygen atoms in total. The zero-order valence-electron chi connectivity index (χ0n) is 26.8. The highest BCUT2D eigenvalue weighted by atomic mass is 16.7. The fraction of sp³-hybridized carbons (Fsp3) is 0.879. The minimum absolute atomic E-state index is 0.0349. The molecule has 0 spiro atoms. The molecular weight excluding hydrogens is 506 g/mol. The van der Waals surface area contributed by atoms with Crippen molar-refractivity contribution in [2.75, 3.05) is 86.9 Å². The first-order valence-corrected chi connectivity index (χ1v) is 16.1. The second-order valence-electron chi connectivity index (χ2n) is 10.5. The Labute approximate surface area is 247 Å². The summed E-state index contributed by atoms with van der Waals surface area (Å²) in [5.41, 5.74) is 0. The monoisotopic (exact) mass is 571 g/mol. The molecule has 0 aromatic rings. The van der Waals surface area contributed by atoms with Crippen molar-refractivity contribution >= 4 is 0 Å². The second-order valence-corrected chi connectivity index (χ2v) is 10.5. The van der Waals surface area contributed by atoms with Crippen LogP contribution in [0.25, 0.3) is 0 Å². The zero-order valence-corrected chi connectivity index (χ0v) is 26.8. The van der Waals surface area contributed by atoms with Gasteiger partial charge in [-0.3, -0.25) is 0 Å². The molecule has 0 radical (unpaired) electrons. The van der Waals surface area contributed by atoms with Gasteiger partial charge in [-0.15, -0.1) is 0 Å². The van der Waals surface area contributed by atoms with E-state index in [1.807, 2.05) is 0 Å². The number of nitrogens with zero attached hydrogens (tertiary/aromatic N) is 1. The summed E-state index contributed by atoms with van der Waals surface area (Å²) in [5, 5.41) is 0. The zero-order chi connectivity index (χ0) is 29.2. The summed E-state index contributed by atoms with van der Waals surface area (Å²) in [5.74, 6) is 0. The van der Waals surface area contributed by atoms with Crippen LogP contribution in [0.15, 0.2) is 24.3 Å².